The first-order chi connectivity index (χ1) is 7.74. The van der Waals surface area contributed by atoms with Crippen molar-refractivity contribution < 1.29 is 4.74 Å². The molecule has 0 saturated carbocycles. The molecule has 1 fully saturated rings. The van der Waals surface area contributed by atoms with Gasteiger partial charge in [0.05, 0.1) is 0 Å². The molecule has 96 valence electrons. The molecule has 16 heavy (non-hydrogen) atoms. The fourth-order valence-electron chi connectivity index (χ4n) is 2.39. The standard InChI is InChI=1S/C13H28N2O/c1-4-13(15(2)3)16-10-6-8-12-7-5-9-14-11-12/h12-14H,4-11H2,1-3H3/t12-,13+/m0/s1. The van der Waals surface area contributed by atoms with Crippen molar-refractivity contribution in [2.24, 2.45) is 5.92 Å². The molecule has 0 spiro atoms. The van der Waals surface area contributed by atoms with Crippen LogP contribution in [0.5, 0.6) is 0 Å². The highest BCUT2D eigenvalue weighted by atomic mass is 16.5. The Morgan fingerprint density at radius 1 is 1.44 bits per heavy atom. The molecule has 1 aliphatic heterocycles. The average molecular weight is 228 g/mol. The Labute approximate surface area is 101 Å². The van der Waals surface area contributed by atoms with Crippen LogP contribution in [0.4, 0.5) is 0 Å². The summed E-state index contributed by atoms with van der Waals surface area (Å²) in [4.78, 5) is 2.15. The van der Waals surface area contributed by atoms with Crippen LogP contribution in [0.2, 0.25) is 0 Å². The summed E-state index contributed by atoms with van der Waals surface area (Å²) in [6.45, 7) is 5.51. The molecule has 1 N–H and O–H groups in total. The van der Waals surface area contributed by atoms with Crippen LogP contribution in [-0.4, -0.2) is 44.9 Å². The highest BCUT2D eigenvalue weighted by Crippen LogP contribution is 2.16. The number of ether oxygens (including phenoxy) is 1. The molecule has 0 aromatic rings. The molecular weight excluding hydrogens is 200 g/mol. The van der Waals surface area contributed by atoms with Crippen LogP contribution in [0, 0.1) is 5.92 Å². The highest BCUT2D eigenvalue weighted by Gasteiger charge is 2.13. The molecule has 1 rings (SSSR count). The molecule has 0 aromatic carbocycles. The molecule has 0 aliphatic carbocycles. The summed E-state index contributed by atoms with van der Waals surface area (Å²) in [6, 6.07) is 0. The maximum absolute atomic E-state index is 5.85. The van der Waals surface area contributed by atoms with E-state index in [2.05, 4.69) is 31.2 Å². The molecule has 0 radical (unpaired) electrons. The van der Waals surface area contributed by atoms with Crippen molar-refractivity contribution in [3.8, 4) is 0 Å². The van der Waals surface area contributed by atoms with E-state index in [0.29, 0.717) is 6.23 Å². The lowest BCUT2D eigenvalue weighted by Crippen LogP contribution is -2.31. The van der Waals surface area contributed by atoms with Crippen LogP contribution in [0.15, 0.2) is 0 Å². The van der Waals surface area contributed by atoms with Gasteiger partial charge in [0, 0.05) is 6.61 Å². The van der Waals surface area contributed by atoms with Crippen molar-refractivity contribution in [2.75, 3.05) is 33.8 Å². The zero-order valence-electron chi connectivity index (χ0n) is 11.2. The minimum atomic E-state index is 0.296. The van der Waals surface area contributed by atoms with E-state index >= 15 is 0 Å². The second-order valence-corrected chi connectivity index (χ2v) is 5.05. The Hall–Kier alpha value is -0.120. The molecular formula is C13H28N2O. The SMILES string of the molecule is CC[C@@H](OCCC[C@@H]1CCCNC1)N(C)C. The zero-order valence-corrected chi connectivity index (χ0v) is 11.2. The lowest BCUT2D eigenvalue weighted by molar-refractivity contribution is -0.0400. The molecule has 0 bridgehead atoms. The first kappa shape index (κ1) is 13.9. The maximum atomic E-state index is 5.85. The quantitative estimate of drug-likeness (QED) is 0.533. The molecule has 1 saturated heterocycles. The zero-order chi connectivity index (χ0) is 11.8. The second-order valence-electron chi connectivity index (χ2n) is 5.05. The molecule has 0 unspecified atom stereocenters. The summed E-state index contributed by atoms with van der Waals surface area (Å²) in [5, 5.41) is 3.46. The first-order valence-corrected chi connectivity index (χ1v) is 6.72. The summed E-state index contributed by atoms with van der Waals surface area (Å²) in [5.74, 6) is 0.886. The van der Waals surface area contributed by atoms with Crippen LogP contribution in [0.3, 0.4) is 0 Å². The molecule has 3 heteroatoms. The van der Waals surface area contributed by atoms with Gasteiger partial charge in [-0.05, 0) is 65.2 Å². The van der Waals surface area contributed by atoms with E-state index in [9.17, 15) is 0 Å². The van der Waals surface area contributed by atoms with Gasteiger partial charge in [-0.2, -0.15) is 0 Å². The van der Waals surface area contributed by atoms with Crippen LogP contribution < -0.4 is 5.32 Å². The molecule has 1 heterocycles. The van der Waals surface area contributed by atoms with Gasteiger partial charge in [-0.15, -0.1) is 0 Å². The molecule has 0 amide bonds. The van der Waals surface area contributed by atoms with Crippen LogP contribution in [0.1, 0.15) is 39.0 Å². The molecule has 0 aromatic heterocycles. The highest BCUT2D eigenvalue weighted by molar-refractivity contribution is 4.68. The van der Waals surface area contributed by atoms with Gasteiger partial charge in [0.25, 0.3) is 0 Å². The van der Waals surface area contributed by atoms with Gasteiger partial charge in [0.1, 0.15) is 6.23 Å². The summed E-state index contributed by atoms with van der Waals surface area (Å²) in [5.41, 5.74) is 0. The molecule has 3 nitrogen and oxygen atoms in total. The number of nitrogens with one attached hydrogen (secondary N) is 1. The van der Waals surface area contributed by atoms with Crippen LogP contribution in [-0.2, 0) is 4.74 Å². The topological polar surface area (TPSA) is 24.5 Å². The Balaban J connectivity index is 2.01. The predicted molar refractivity (Wildman–Crippen MR) is 68.5 cm³/mol. The fraction of sp³-hybridized carbons (Fsp3) is 1.00. The lowest BCUT2D eigenvalue weighted by Gasteiger charge is -2.25. The lowest BCUT2D eigenvalue weighted by atomic mass is 9.95. The summed E-state index contributed by atoms with van der Waals surface area (Å²) in [6.07, 6.45) is 6.63. The largest absolute Gasteiger partial charge is 0.363 e. The van der Waals surface area contributed by atoms with Crippen molar-refractivity contribution in [1.29, 1.82) is 0 Å². The smallest absolute Gasteiger partial charge is 0.109 e. The third kappa shape index (κ3) is 5.28. The van der Waals surface area contributed by atoms with E-state index in [1.807, 2.05) is 0 Å². The van der Waals surface area contributed by atoms with Gasteiger partial charge in [0.15, 0.2) is 0 Å². The molecule has 1 aliphatic rings. The van der Waals surface area contributed by atoms with Gasteiger partial charge in [-0.3, -0.25) is 4.90 Å². The summed E-state index contributed by atoms with van der Waals surface area (Å²) >= 11 is 0. The number of hydrogen-bond donors (Lipinski definition) is 1. The van der Waals surface area contributed by atoms with Crippen LogP contribution >= 0.6 is 0 Å². The normalized spacial score (nSPS) is 23.6. The fourth-order valence-corrected chi connectivity index (χ4v) is 2.39. The van der Waals surface area contributed by atoms with Crippen molar-refractivity contribution >= 4 is 0 Å². The first-order valence-electron chi connectivity index (χ1n) is 6.72. The Bertz CT molecular complexity index is 167. The Kier molecular flexibility index (Phi) is 7.01. The Morgan fingerprint density at radius 2 is 2.25 bits per heavy atom. The van der Waals surface area contributed by atoms with Gasteiger partial charge in [-0.1, -0.05) is 6.92 Å². The van der Waals surface area contributed by atoms with E-state index in [4.69, 9.17) is 4.74 Å². The molecule has 2 atom stereocenters. The third-order valence-corrected chi connectivity index (χ3v) is 3.39. The van der Waals surface area contributed by atoms with E-state index in [1.54, 1.807) is 0 Å². The number of rotatable bonds is 7. The van der Waals surface area contributed by atoms with Crippen LogP contribution in [0.25, 0.3) is 0 Å². The van der Waals surface area contributed by atoms with Crippen molar-refractivity contribution in [3.05, 3.63) is 0 Å². The van der Waals surface area contributed by atoms with Gasteiger partial charge in [-0.25, -0.2) is 0 Å². The summed E-state index contributed by atoms with van der Waals surface area (Å²) < 4.78 is 5.85. The monoisotopic (exact) mass is 228 g/mol. The number of hydrogen-bond acceptors (Lipinski definition) is 3. The van der Waals surface area contributed by atoms with Crippen molar-refractivity contribution in [1.82, 2.24) is 10.2 Å². The van der Waals surface area contributed by atoms with E-state index < -0.39 is 0 Å². The summed E-state index contributed by atoms with van der Waals surface area (Å²) in [7, 11) is 4.17. The van der Waals surface area contributed by atoms with Gasteiger partial charge >= 0.3 is 0 Å². The average Bonchev–Trinajstić information content (AvgIpc) is 2.30. The number of nitrogens with zero attached hydrogens (tertiary/aromatic N) is 1. The van der Waals surface area contributed by atoms with Gasteiger partial charge < -0.3 is 10.1 Å². The third-order valence-electron chi connectivity index (χ3n) is 3.39. The minimum absolute atomic E-state index is 0.296. The Morgan fingerprint density at radius 3 is 2.81 bits per heavy atom. The van der Waals surface area contributed by atoms with Crippen molar-refractivity contribution in [3.63, 3.8) is 0 Å². The van der Waals surface area contributed by atoms with E-state index in [0.717, 1.165) is 18.9 Å². The van der Waals surface area contributed by atoms with Crippen molar-refractivity contribution in [2.45, 2.75) is 45.3 Å². The maximum Gasteiger partial charge on any atom is 0.109 e. The second kappa shape index (κ2) is 8.04. The number of piperidine rings is 1. The van der Waals surface area contributed by atoms with E-state index in [-0.39, 0.29) is 0 Å². The van der Waals surface area contributed by atoms with E-state index in [1.165, 1.54) is 38.8 Å². The predicted octanol–water partition coefficient (Wildman–Crippen LogP) is 2.08. The minimum Gasteiger partial charge on any atom is -0.363 e. The van der Waals surface area contributed by atoms with Gasteiger partial charge in [0.2, 0.25) is 0 Å².